The summed E-state index contributed by atoms with van der Waals surface area (Å²) in [5, 5.41) is 0. The summed E-state index contributed by atoms with van der Waals surface area (Å²) in [6.07, 6.45) is 2.40. The first-order chi connectivity index (χ1) is 6.22. The molecule has 0 atom stereocenters. The lowest BCUT2D eigenvalue weighted by molar-refractivity contribution is 0.385. The van der Waals surface area contributed by atoms with E-state index < -0.39 is 0 Å². The molecule has 1 fully saturated rings. The fourth-order valence-electron chi connectivity index (χ4n) is 1.41. The summed E-state index contributed by atoms with van der Waals surface area (Å²) in [7, 11) is 1.49. The maximum absolute atomic E-state index is 13.2. The molecule has 1 saturated carbocycles. The van der Waals surface area contributed by atoms with Gasteiger partial charge in [0.2, 0.25) is 0 Å². The molecule has 1 aliphatic rings. The quantitative estimate of drug-likeness (QED) is 0.775. The fourth-order valence-corrected chi connectivity index (χ4v) is 2.05. The maximum atomic E-state index is 13.2. The molecule has 1 aromatic rings. The molecule has 13 heavy (non-hydrogen) atoms. The van der Waals surface area contributed by atoms with Crippen molar-refractivity contribution >= 4 is 15.9 Å². The van der Waals surface area contributed by atoms with E-state index in [0.717, 1.165) is 4.47 Å². The normalized spacial score (nSPS) is 15.9. The largest absolute Gasteiger partial charge is 0.494 e. The molecule has 2 rings (SSSR count). The van der Waals surface area contributed by atoms with Crippen molar-refractivity contribution in [3.8, 4) is 5.75 Å². The van der Waals surface area contributed by atoms with Crippen LogP contribution in [-0.2, 0) is 0 Å². The van der Waals surface area contributed by atoms with Crippen LogP contribution in [0.2, 0.25) is 0 Å². The van der Waals surface area contributed by atoms with Crippen molar-refractivity contribution in [3.05, 3.63) is 28.0 Å². The van der Waals surface area contributed by atoms with Crippen LogP contribution in [0, 0.1) is 5.82 Å². The van der Waals surface area contributed by atoms with Crippen LogP contribution in [0.4, 0.5) is 4.39 Å². The molecule has 3 heteroatoms. The molecule has 0 aliphatic heterocycles. The van der Waals surface area contributed by atoms with Crippen molar-refractivity contribution in [2.75, 3.05) is 7.11 Å². The Morgan fingerprint density at radius 2 is 2.15 bits per heavy atom. The Morgan fingerprint density at radius 3 is 2.69 bits per heavy atom. The summed E-state index contributed by atoms with van der Waals surface area (Å²) in [6.45, 7) is 0. The predicted octanol–water partition coefficient (Wildman–Crippen LogP) is 3.47. The van der Waals surface area contributed by atoms with Crippen LogP contribution in [-0.4, -0.2) is 7.11 Å². The first-order valence-corrected chi connectivity index (χ1v) is 5.04. The van der Waals surface area contributed by atoms with Gasteiger partial charge in [-0.3, -0.25) is 0 Å². The Bertz CT molecular complexity index is 334. The Labute approximate surface area is 85.0 Å². The number of halogens is 2. The van der Waals surface area contributed by atoms with Gasteiger partial charge < -0.3 is 4.74 Å². The van der Waals surface area contributed by atoms with E-state index in [-0.39, 0.29) is 5.82 Å². The van der Waals surface area contributed by atoms with Gasteiger partial charge in [0.05, 0.1) is 7.11 Å². The summed E-state index contributed by atoms with van der Waals surface area (Å²) >= 11 is 3.36. The van der Waals surface area contributed by atoms with Gasteiger partial charge in [-0.2, -0.15) is 0 Å². The highest BCUT2D eigenvalue weighted by atomic mass is 79.9. The molecule has 1 aromatic carbocycles. The first-order valence-electron chi connectivity index (χ1n) is 4.25. The zero-order valence-corrected chi connectivity index (χ0v) is 8.90. The summed E-state index contributed by atoms with van der Waals surface area (Å²) in [5.41, 5.74) is 1.17. The molecule has 0 aromatic heterocycles. The van der Waals surface area contributed by atoms with Crippen LogP contribution in [0.25, 0.3) is 0 Å². The number of hydrogen-bond donors (Lipinski definition) is 0. The van der Waals surface area contributed by atoms with E-state index in [9.17, 15) is 4.39 Å². The zero-order chi connectivity index (χ0) is 9.42. The maximum Gasteiger partial charge on any atom is 0.166 e. The third-order valence-corrected chi connectivity index (χ3v) is 2.98. The van der Waals surface area contributed by atoms with Crippen LogP contribution >= 0.6 is 15.9 Å². The van der Waals surface area contributed by atoms with Crippen molar-refractivity contribution in [1.82, 2.24) is 0 Å². The molecular weight excluding hydrogens is 235 g/mol. The van der Waals surface area contributed by atoms with Crippen LogP contribution in [0.3, 0.4) is 0 Å². The number of benzene rings is 1. The summed E-state index contributed by atoms with van der Waals surface area (Å²) in [5.74, 6) is 0.632. The van der Waals surface area contributed by atoms with E-state index in [2.05, 4.69) is 15.9 Å². The minimum absolute atomic E-state index is 0.307. The van der Waals surface area contributed by atoms with Crippen LogP contribution < -0.4 is 4.74 Å². The Kier molecular flexibility index (Phi) is 2.28. The number of hydrogen-bond acceptors (Lipinski definition) is 1. The number of methoxy groups -OCH3 is 1. The molecular formula is C10H10BrFO. The second-order valence-electron chi connectivity index (χ2n) is 3.28. The minimum atomic E-state index is -0.307. The molecule has 0 bridgehead atoms. The van der Waals surface area contributed by atoms with E-state index >= 15 is 0 Å². The molecule has 0 heterocycles. The van der Waals surface area contributed by atoms with Gasteiger partial charge in [-0.05, 0) is 36.5 Å². The second-order valence-corrected chi connectivity index (χ2v) is 4.14. The van der Waals surface area contributed by atoms with E-state index in [1.807, 2.05) is 0 Å². The first kappa shape index (κ1) is 9.00. The second kappa shape index (κ2) is 3.29. The van der Waals surface area contributed by atoms with Gasteiger partial charge in [-0.25, -0.2) is 4.39 Å². The SMILES string of the molecule is COc1cc(C2CC2)c(Br)cc1F. The summed E-state index contributed by atoms with van der Waals surface area (Å²) in [6, 6.07) is 3.27. The van der Waals surface area contributed by atoms with E-state index in [1.54, 1.807) is 6.07 Å². The standard InChI is InChI=1S/C10H10BrFO/c1-13-10-4-7(6-2-3-6)8(11)5-9(10)12/h4-6H,2-3H2,1H3. The highest BCUT2D eigenvalue weighted by Gasteiger charge is 2.26. The molecule has 1 aliphatic carbocycles. The highest BCUT2D eigenvalue weighted by molar-refractivity contribution is 9.10. The lowest BCUT2D eigenvalue weighted by Gasteiger charge is -2.07. The van der Waals surface area contributed by atoms with Crippen molar-refractivity contribution in [2.24, 2.45) is 0 Å². The Hall–Kier alpha value is -0.570. The lowest BCUT2D eigenvalue weighted by Crippen LogP contribution is -1.91. The van der Waals surface area contributed by atoms with Gasteiger partial charge in [0.1, 0.15) is 0 Å². The average molecular weight is 245 g/mol. The minimum Gasteiger partial charge on any atom is -0.494 e. The number of rotatable bonds is 2. The van der Waals surface area contributed by atoms with Crippen LogP contribution in [0.15, 0.2) is 16.6 Å². The third-order valence-electron chi connectivity index (χ3n) is 2.29. The zero-order valence-electron chi connectivity index (χ0n) is 7.31. The smallest absolute Gasteiger partial charge is 0.166 e. The predicted molar refractivity (Wildman–Crippen MR) is 52.6 cm³/mol. The fraction of sp³-hybridized carbons (Fsp3) is 0.400. The molecule has 70 valence electrons. The molecule has 0 unspecified atom stereocenters. The highest BCUT2D eigenvalue weighted by Crippen LogP contribution is 2.44. The van der Waals surface area contributed by atoms with E-state index in [1.165, 1.54) is 31.6 Å². The molecule has 0 N–H and O–H groups in total. The van der Waals surface area contributed by atoms with Crippen LogP contribution in [0.5, 0.6) is 5.75 Å². The summed E-state index contributed by atoms with van der Waals surface area (Å²) in [4.78, 5) is 0. The Balaban J connectivity index is 2.44. The van der Waals surface area contributed by atoms with Crippen LogP contribution in [0.1, 0.15) is 24.3 Å². The Morgan fingerprint density at radius 1 is 1.46 bits per heavy atom. The molecule has 0 amide bonds. The molecule has 1 nitrogen and oxygen atoms in total. The van der Waals surface area contributed by atoms with Gasteiger partial charge in [0.25, 0.3) is 0 Å². The monoisotopic (exact) mass is 244 g/mol. The molecule has 0 spiro atoms. The van der Waals surface area contributed by atoms with Gasteiger partial charge in [-0.1, -0.05) is 15.9 Å². The molecule has 0 saturated heterocycles. The van der Waals surface area contributed by atoms with E-state index in [4.69, 9.17) is 4.74 Å². The number of ether oxygens (including phenoxy) is 1. The van der Waals surface area contributed by atoms with Gasteiger partial charge in [0, 0.05) is 4.47 Å². The lowest BCUT2D eigenvalue weighted by atomic mass is 10.1. The van der Waals surface area contributed by atoms with Crippen molar-refractivity contribution in [1.29, 1.82) is 0 Å². The summed E-state index contributed by atoms with van der Waals surface area (Å²) < 4.78 is 18.9. The third kappa shape index (κ3) is 1.70. The van der Waals surface area contributed by atoms with E-state index in [0.29, 0.717) is 11.7 Å². The van der Waals surface area contributed by atoms with Gasteiger partial charge >= 0.3 is 0 Å². The van der Waals surface area contributed by atoms with Crippen molar-refractivity contribution in [2.45, 2.75) is 18.8 Å². The molecule has 0 radical (unpaired) electrons. The van der Waals surface area contributed by atoms with Gasteiger partial charge in [0.15, 0.2) is 11.6 Å². The average Bonchev–Trinajstić information content (AvgIpc) is 2.88. The van der Waals surface area contributed by atoms with Gasteiger partial charge in [-0.15, -0.1) is 0 Å². The van der Waals surface area contributed by atoms with Crippen molar-refractivity contribution < 1.29 is 9.13 Å². The van der Waals surface area contributed by atoms with Crippen molar-refractivity contribution in [3.63, 3.8) is 0 Å². The topological polar surface area (TPSA) is 9.23 Å².